The van der Waals surface area contributed by atoms with Crippen molar-refractivity contribution >= 4 is 11.6 Å². The van der Waals surface area contributed by atoms with Crippen molar-refractivity contribution in [2.75, 3.05) is 6.61 Å². The average Bonchev–Trinajstić information content (AvgIpc) is 3.05. The van der Waals surface area contributed by atoms with Gasteiger partial charge in [-0.1, -0.05) is 18.2 Å². The first-order valence-electron chi connectivity index (χ1n) is 7.20. The van der Waals surface area contributed by atoms with Crippen LogP contribution in [0.1, 0.15) is 54.2 Å². The van der Waals surface area contributed by atoms with E-state index in [2.05, 4.69) is 18.2 Å². The van der Waals surface area contributed by atoms with Crippen molar-refractivity contribution in [1.82, 2.24) is 0 Å². The molecule has 1 nitrogen and oxygen atoms in total. The molecule has 0 radical (unpaired) electrons. The number of aryl methyl sites for hydroxylation is 2. The van der Waals surface area contributed by atoms with Crippen LogP contribution in [0.5, 0.6) is 0 Å². The van der Waals surface area contributed by atoms with Crippen LogP contribution in [0, 0.1) is 0 Å². The van der Waals surface area contributed by atoms with Crippen molar-refractivity contribution in [2.24, 2.45) is 0 Å². The second-order valence-electron chi connectivity index (χ2n) is 5.56. The lowest BCUT2D eigenvalue weighted by Crippen LogP contribution is -2.06. The number of alkyl halides is 1. The van der Waals surface area contributed by atoms with E-state index in [-0.39, 0.29) is 5.38 Å². The third-order valence-corrected chi connectivity index (χ3v) is 4.72. The van der Waals surface area contributed by atoms with Crippen LogP contribution in [-0.4, -0.2) is 12.7 Å². The Kier molecular flexibility index (Phi) is 3.91. The third kappa shape index (κ3) is 2.73. The predicted molar refractivity (Wildman–Crippen MR) is 75.3 cm³/mol. The van der Waals surface area contributed by atoms with Crippen LogP contribution in [0.2, 0.25) is 0 Å². The van der Waals surface area contributed by atoms with Gasteiger partial charge in [0.2, 0.25) is 0 Å². The van der Waals surface area contributed by atoms with Gasteiger partial charge in [-0.3, -0.25) is 0 Å². The van der Waals surface area contributed by atoms with Gasteiger partial charge in [-0.25, -0.2) is 0 Å². The van der Waals surface area contributed by atoms with Crippen molar-refractivity contribution in [3.63, 3.8) is 0 Å². The summed E-state index contributed by atoms with van der Waals surface area (Å²) in [5, 5.41) is 0.153. The number of hydrogen-bond donors (Lipinski definition) is 0. The lowest BCUT2D eigenvalue weighted by atomic mass is 10.0. The fraction of sp³-hybridized carbons (Fsp3) is 0.625. The summed E-state index contributed by atoms with van der Waals surface area (Å²) in [7, 11) is 0. The molecule has 1 aliphatic carbocycles. The molecule has 0 bridgehead atoms. The third-order valence-electron chi connectivity index (χ3n) is 4.25. The second kappa shape index (κ2) is 5.63. The highest BCUT2D eigenvalue weighted by molar-refractivity contribution is 6.20. The maximum Gasteiger partial charge on any atom is 0.0586 e. The normalized spacial score (nSPS) is 24.2. The molecule has 2 aliphatic rings. The molecule has 98 valence electrons. The molecule has 1 aromatic carbocycles. The molecule has 2 atom stereocenters. The molecule has 0 aromatic heterocycles. The second-order valence-corrected chi connectivity index (χ2v) is 6.09. The number of hydrogen-bond acceptors (Lipinski definition) is 1. The Morgan fingerprint density at radius 2 is 2.11 bits per heavy atom. The van der Waals surface area contributed by atoms with E-state index in [0.717, 1.165) is 19.4 Å². The van der Waals surface area contributed by atoms with Crippen molar-refractivity contribution in [1.29, 1.82) is 0 Å². The lowest BCUT2D eigenvalue weighted by molar-refractivity contribution is 0.102. The summed E-state index contributed by atoms with van der Waals surface area (Å²) in [5.74, 6) is 0. The van der Waals surface area contributed by atoms with Crippen LogP contribution < -0.4 is 0 Å². The molecule has 2 unspecified atom stereocenters. The summed E-state index contributed by atoms with van der Waals surface area (Å²) in [5.41, 5.74) is 4.35. The number of halogens is 1. The van der Waals surface area contributed by atoms with Gasteiger partial charge in [-0.2, -0.15) is 0 Å². The highest BCUT2D eigenvalue weighted by Gasteiger charge is 2.19. The zero-order valence-corrected chi connectivity index (χ0v) is 11.6. The first kappa shape index (κ1) is 12.5. The van der Waals surface area contributed by atoms with Crippen molar-refractivity contribution in [2.45, 2.75) is 56.4 Å². The molecule has 3 rings (SSSR count). The van der Waals surface area contributed by atoms with Gasteiger partial charge in [-0.05, 0) is 61.6 Å². The first-order chi connectivity index (χ1) is 8.83. The van der Waals surface area contributed by atoms with Crippen molar-refractivity contribution in [3.05, 3.63) is 34.9 Å². The minimum absolute atomic E-state index is 0.153. The van der Waals surface area contributed by atoms with Crippen molar-refractivity contribution < 1.29 is 4.74 Å². The van der Waals surface area contributed by atoms with Gasteiger partial charge >= 0.3 is 0 Å². The number of rotatable bonds is 4. The maximum absolute atomic E-state index is 6.53. The molecule has 0 N–H and O–H groups in total. The summed E-state index contributed by atoms with van der Waals surface area (Å²) in [6.07, 6.45) is 8.82. The smallest absolute Gasteiger partial charge is 0.0586 e. The standard InChI is InChI=1S/C16H21ClO/c17-16(9-8-15-5-2-10-18-15)14-7-6-12-3-1-4-13(12)11-14/h6-7,11,15-16H,1-5,8-10H2. The fourth-order valence-corrected chi connectivity index (χ4v) is 3.42. The van der Waals surface area contributed by atoms with Crippen LogP contribution >= 0.6 is 11.6 Å². The van der Waals surface area contributed by atoms with E-state index in [1.807, 2.05) is 0 Å². The molecule has 0 spiro atoms. The molecule has 18 heavy (non-hydrogen) atoms. The topological polar surface area (TPSA) is 9.23 Å². The SMILES string of the molecule is ClC(CCC1CCCO1)c1ccc2c(c1)CCC2. The van der Waals surface area contributed by atoms with Gasteiger partial charge in [0.05, 0.1) is 11.5 Å². The first-order valence-corrected chi connectivity index (χ1v) is 7.64. The number of ether oxygens (including phenoxy) is 1. The molecule has 1 heterocycles. The number of fused-ring (bicyclic) bond motifs is 1. The van der Waals surface area contributed by atoms with Gasteiger partial charge in [0.25, 0.3) is 0 Å². The Labute approximate surface area is 114 Å². The molecule has 0 saturated carbocycles. The molecular formula is C16H21ClO. The Morgan fingerprint density at radius 3 is 2.94 bits per heavy atom. The molecule has 2 heteroatoms. The highest BCUT2D eigenvalue weighted by Crippen LogP contribution is 2.32. The molecular weight excluding hydrogens is 244 g/mol. The largest absolute Gasteiger partial charge is 0.378 e. The monoisotopic (exact) mass is 264 g/mol. The van der Waals surface area contributed by atoms with E-state index < -0.39 is 0 Å². The quantitative estimate of drug-likeness (QED) is 0.732. The number of benzene rings is 1. The zero-order valence-electron chi connectivity index (χ0n) is 10.8. The Morgan fingerprint density at radius 1 is 1.22 bits per heavy atom. The fourth-order valence-electron chi connectivity index (χ4n) is 3.16. The van der Waals surface area contributed by atoms with Crippen molar-refractivity contribution in [3.8, 4) is 0 Å². The summed E-state index contributed by atoms with van der Waals surface area (Å²) in [6, 6.07) is 6.83. The summed E-state index contributed by atoms with van der Waals surface area (Å²) >= 11 is 6.53. The van der Waals surface area contributed by atoms with E-state index in [1.54, 1.807) is 0 Å². The van der Waals surface area contributed by atoms with E-state index in [1.165, 1.54) is 48.8 Å². The molecule has 1 aromatic rings. The van der Waals surface area contributed by atoms with Gasteiger partial charge in [0.1, 0.15) is 0 Å². The molecule has 1 saturated heterocycles. The van der Waals surface area contributed by atoms with Gasteiger partial charge in [-0.15, -0.1) is 11.6 Å². The van der Waals surface area contributed by atoms with Crippen LogP contribution in [-0.2, 0) is 17.6 Å². The Hall–Kier alpha value is -0.530. The van der Waals surface area contributed by atoms with Crippen LogP contribution in [0.3, 0.4) is 0 Å². The molecule has 1 aliphatic heterocycles. The van der Waals surface area contributed by atoms with E-state index in [9.17, 15) is 0 Å². The van der Waals surface area contributed by atoms with Crippen LogP contribution in [0.4, 0.5) is 0 Å². The van der Waals surface area contributed by atoms with Gasteiger partial charge in [0, 0.05) is 6.61 Å². The lowest BCUT2D eigenvalue weighted by Gasteiger charge is -2.14. The predicted octanol–water partition coefficient (Wildman–Crippen LogP) is 4.41. The summed E-state index contributed by atoms with van der Waals surface area (Å²) < 4.78 is 5.65. The van der Waals surface area contributed by atoms with Crippen LogP contribution in [0.25, 0.3) is 0 Å². The van der Waals surface area contributed by atoms with E-state index in [4.69, 9.17) is 16.3 Å². The Bertz CT molecular complexity index is 410. The minimum atomic E-state index is 0.153. The molecule has 1 fully saturated rings. The zero-order chi connectivity index (χ0) is 12.4. The minimum Gasteiger partial charge on any atom is -0.378 e. The van der Waals surface area contributed by atoms with E-state index >= 15 is 0 Å². The average molecular weight is 265 g/mol. The van der Waals surface area contributed by atoms with Gasteiger partial charge in [0.15, 0.2) is 0 Å². The summed E-state index contributed by atoms with van der Waals surface area (Å²) in [6.45, 7) is 0.941. The van der Waals surface area contributed by atoms with Gasteiger partial charge < -0.3 is 4.74 Å². The highest BCUT2D eigenvalue weighted by atomic mass is 35.5. The summed E-state index contributed by atoms with van der Waals surface area (Å²) in [4.78, 5) is 0. The molecule has 0 amide bonds. The maximum atomic E-state index is 6.53. The van der Waals surface area contributed by atoms with Crippen LogP contribution in [0.15, 0.2) is 18.2 Å². The van der Waals surface area contributed by atoms with E-state index in [0.29, 0.717) is 6.10 Å². The Balaban J connectivity index is 1.59.